The molecule has 0 saturated carbocycles. The molecule has 0 fully saturated rings. The zero-order chi connectivity index (χ0) is 12.3. The first-order valence-electron chi connectivity index (χ1n) is 5.50. The van der Waals surface area contributed by atoms with E-state index in [1.165, 1.54) is 5.56 Å². The number of rotatable bonds is 3. The number of aryl methyl sites for hydroxylation is 1. The average Bonchev–Trinajstić information content (AvgIpc) is 2.30. The number of benzene rings is 2. The quantitative estimate of drug-likeness (QED) is 0.747. The first kappa shape index (κ1) is 11.9. The maximum Gasteiger partial charge on any atom is 0.252 e. The molecule has 0 amide bonds. The van der Waals surface area contributed by atoms with E-state index in [2.05, 4.69) is 0 Å². The molecule has 1 nitrogen and oxygen atoms in total. The molecular weight excluding hydrogens is 232 g/mol. The highest BCUT2D eigenvalue weighted by Crippen LogP contribution is 2.18. The molecule has 0 atom stereocenters. The van der Waals surface area contributed by atoms with E-state index < -0.39 is 5.24 Å². The number of hydrogen-bond acceptors (Lipinski definition) is 1. The number of hydrogen-bond donors (Lipinski definition) is 0. The minimum absolute atomic E-state index is 0.393. The van der Waals surface area contributed by atoms with Crippen LogP contribution in [0.25, 0.3) is 0 Å². The lowest BCUT2D eigenvalue weighted by atomic mass is 9.98. The van der Waals surface area contributed by atoms with Crippen molar-refractivity contribution in [3.8, 4) is 0 Å². The van der Waals surface area contributed by atoms with Gasteiger partial charge in [-0.25, -0.2) is 0 Å². The first-order chi connectivity index (χ1) is 8.16. The fourth-order valence-corrected chi connectivity index (χ4v) is 2.06. The lowest BCUT2D eigenvalue weighted by molar-refractivity contribution is 0.108. The van der Waals surface area contributed by atoms with Gasteiger partial charge in [0.1, 0.15) is 0 Å². The van der Waals surface area contributed by atoms with Crippen molar-refractivity contribution in [2.75, 3.05) is 0 Å². The normalized spacial score (nSPS) is 10.2. The summed E-state index contributed by atoms with van der Waals surface area (Å²) in [6.07, 6.45) is 0.732. The number of carbonyl (C=O) groups excluding carboxylic acids is 1. The van der Waals surface area contributed by atoms with Crippen LogP contribution in [0.5, 0.6) is 0 Å². The van der Waals surface area contributed by atoms with Crippen LogP contribution in [0.1, 0.15) is 27.0 Å². The Morgan fingerprint density at radius 3 is 2.47 bits per heavy atom. The van der Waals surface area contributed by atoms with Gasteiger partial charge in [-0.3, -0.25) is 4.79 Å². The maximum atomic E-state index is 11.3. The molecule has 2 rings (SSSR count). The molecule has 0 aromatic heterocycles. The first-order valence-corrected chi connectivity index (χ1v) is 5.88. The van der Waals surface area contributed by atoms with Gasteiger partial charge >= 0.3 is 0 Å². The predicted molar refractivity (Wildman–Crippen MR) is 70.6 cm³/mol. The summed E-state index contributed by atoms with van der Waals surface area (Å²) in [5, 5.41) is -0.393. The van der Waals surface area contributed by atoms with Crippen LogP contribution in [0.3, 0.4) is 0 Å². The van der Waals surface area contributed by atoms with Crippen LogP contribution in [0.4, 0.5) is 0 Å². The van der Waals surface area contributed by atoms with E-state index in [0.29, 0.717) is 5.56 Å². The Bertz CT molecular complexity index is 532. The summed E-state index contributed by atoms with van der Waals surface area (Å²) < 4.78 is 0. The van der Waals surface area contributed by atoms with Crippen LogP contribution in [0.2, 0.25) is 0 Å². The molecule has 0 aliphatic carbocycles. The van der Waals surface area contributed by atoms with Crippen molar-refractivity contribution in [2.24, 2.45) is 0 Å². The molecule has 0 unspecified atom stereocenters. The summed E-state index contributed by atoms with van der Waals surface area (Å²) in [5.74, 6) is 0. The van der Waals surface area contributed by atoms with Crippen molar-refractivity contribution in [1.29, 1.82) is 0 Å². The lowest BCUT2D eigenvalue weighted by Gasteiger charge is -2.07. The second-order valence-corrected chi connectivity index (χ2v) is 4.44. The van der Waals surface area contributed by atoms with Crippen molar-refractivity contribution in [1.82, 2.24) is 0 Å². The van der Waals surface area contributed by atoms with Crippen LogP contribution >= 0.6 is 11.6 Å². The van der Waals surface area contributed by atoms with Gasteiger partial charge < -0.3 is 0 Å². The third-order valence-corrected chi connectivity index (χ3v) is 2.91. The van der Waals surface area contributed by atoms with Crippen LogP contribution in [0.15, 0.2) is 48.5 Å². The molecule has 86 valence electrons. The summed E-state index contributed by atoms with van der Waals surface area (Å²) >= 11 is 5.59. The molecule has 2 aromatic carbocycles. The van der Waals surface area contributed by atoms with E-state index in [9.17, 15) is 4.79 Å². The third-order valence-electron chi connectivity index (χ3n) is 2.71. The van der Waals surface area contributed by atoms with Crippen LogP contribution < -0.4 is 0 Å². The number of halogens is 1. The minimum atomic E-state index is -0.393. The van der Waals surface area contributed by atoms with Gasteiger partial charge in [0.05, 0.1) is 0 Å². The van der Waals surface area contributed by atoms with Gasteiger partial charge in [-0.15, -0.1) is 0 Å². The Balaban J connectivity index is 2.37. The monoisotopic (exact) mass is 244 g/mol. The zero-order valence-electron chi connectivity index (χ0n) is 9.61. The minimum Gasteiger partial charge on any atom is -0.276 e. The summed E-state index contributed by atoms with van der Waals surface area (Å²) in [5.41, 5.74) is 3.90. The van der Waals surface area contributed by atoms with Crippen molar-refractivity contribution in [3.63, 3.8) is 0 Å². The Morgan fingerprint density at radius 1 is 1.12 bits per heavy atom. The average molecular weight is 245 g/mol. The van der Waals surface area contributed by atoms with Gasteiger partial charge in [0.25, 0.3) is 5.24 Å². The van der Waals surface area contributed by atoms with Gasteiger partial charge in [-0.05, 0) is 42.1 Å². The molecule has 2 heteroatoms. The third kappa shape index (κ3) is 2.95. The fourth-order valence-electron chi connectivity index (χ4n) is 1.88. The van der Waals surface area contributed by atoms with Crippen molar-refractivity contribution in [3.05, 3.63) is 70.8 Å². The van der Waals surface area contributed by atoms with Crippen molar-refractivity contribution in [2.45, 2.75) is 13.3 Å². The largest absolute Gasteiger partial charge is 0.276 e. The van der Waals surface area contributed by atoms with Crippen molar-refractivity contribution < 1.29 is 4.79 Å². The van der Waals surface area contributed by atoms with E-state index in [1.807, 2.05) is 49.4 Å². The Labute approximate surface area is 106 Å². The highest BCUT2D eigenvalue weighted by Gasteiger charge is 2.09. The predicted octanol–water partition coefficient (Wildman–Crippen LogP) is 3.96. The molecule has 0 radical (unpaired) electrons. The van der Waals surface area contributed by atoms with Crippen LogP contribution in [-0.4, -0.2) is 5.24 Å². The van der Waals surface area contributed by atoms with Gasteiger partial charge in [0.2, 0.25) is 0 Å². The van der Waals surface area contributed by atoms with Gasteiger partial charge in [-0.2, -0.15) is 0 Å². The maximum absolute atomic E-state index is 11.3. The fraction of sp³-hybridized carbons (Fsp3) is 0.133. The summed E-state index contributed by atoms with van der Waals surface area (Å²) in [4.78, 5) is 11.3. The molecule has 2 aromatic rings. The Kier molecular flexibility index (Phi) is 3.60. The molecule has 17 heavy (non-hydrogen) atoms. The van der Waals surface area contributed by atoms with E-state index in [0.717, 1.165) is 17.5 Å². The second kappa shape index (κ2) is 5.15. The molecule has 0 saturated heterocycles. The Hall–Kier alpha value is -1.60. The van der Waals surface area contributed by atoms with E-state index in [-0.39, 0.29) is 0 Å². The summed E-state index contributed by atoms with van der Waals surface area (Å²) in [7, 11) is 0. The second-order valence-electron chi connectivity index (χ2n) is 4.10. The smallest absolute Gasteiger partial charge is 0.252 e. The highest BCUT2D eigenvalue weighted by atomic mass is 35.5. The highest BCUT2D eigenvalue weighted by molar-refractivity contribution is 6.67. The molecule has 0 bridgehead atoms. The van der Waals surface area contributed by atoms with Crippen molar-refractivity contribution >= 4 is 16.8 Å². The topological polar surface area (TPSA) is 17.1 Å². The molecule has 0 aliphatic heterocycles. The van der Waals surface area contributed by atoms with E-state index in [1.54, 1.807) is 6.07 Å². The lowest BCUT2D eigenvalue weighted by Crippen LogP contribution is -1.99. The van der Waals surface area contributed by atoms with E-state index in [4.69, 9.17) is 11.6 Å². The molecule has 0 heterocycles. The van der Waals surface area contributed by atoms with E-state index >= 15 is 0 Å². The Morgan fingerprint density at radius 2 is 1.82 bits per heavy atom. The molecule has 0 aliphatic rings. The molecule has 0 N–H and O–H groups in total. The van der Waals surface area contributed by atoms with Crippen LogP contribution in [0, 0.1) is 6.92 Å². The molecular formula is C15H13ClO. The summed E-state index contributed by atoms with van der Waals surface area (Å²) in [6, 6.07) is 15.8. The van der Waals surface area contributed by atoms with Crippen LogP contribution in [-0.2, 0) is 6.42 Å². The molecule has 0 spiro atoms. The zero-order valence-corrected chi connectivity index (χ0v) is 10.4. The number of carbonyl (C=O) groups is 1. The van der Waals surface area contributed by atoms with Gasteiger partial charge in [0, 0.05) is 5.56 Å². The van der Waals surface area contributed by atoms with Gasteiger partial charge in [0.15, 0.2) is 0 Å². The van der Waals surface area contributed by atoms with Gasteiger partial charge in [-0.1, -0.05) is 48.0 Å². The SMILES string of the molecule is Cc1ccc(C(=O)Cl)c(Cc2ccccc2)c1. The standard InChI is InChI=1S/C15H13ClO/c1-11-7-8-14(15(16)17)13(9-11)10-12-5-3-2-4-6-12/h2-9H,10H2,1H3. The summed E-state index contributed by atoms with van der Waals surface area (Å²) in [6.45, 7) is 2.01.